The second-order valence-corrected chi connectivity index (χ2v) is 4.38. The molecule has 1 aromatic carbocycles. The van der Waals surface area contributed by atoms with Crippen LogP contribution in [0.3, 0.4) is 0 Å². The smallest absolute Gasteiger partial charge is 0.323 e. The largest absolute Gasteiger partial charge is 0.480 e. The molecular formula is C12H15F2NO2. The SMILES string of the molecule is CC(C)(NCCc1cc(F)cc(F)c1)C(=O)O. The second-order valence-electron chi connectivity index (χ2n) is 4.38. The van der Waals surface area contributed by atoms with Gasteiger partial charge in [-0.3, -0.25) is 4.79 Å². The van der Waals surface area contributed by atoms with Gasteiger partial charge in [-0.25, -0.2) is 8.78 Å². The molecule has 2 N–H and O–H groups in total. The molecule has 0 heterocycles. The molecule has 3 nitrogen and oxygen atoms in total. The molecule has 0 aliphatic rings. The number of rotatable bonds is 5. The fourth-order valence-electron chi connectivity index (χ4n) is 1.35. The van der Waals surface area contributed by atoms with Crippen LogP contribution < -0.4 is 5.32 Å². The van der Waals surface area contributed by atoms with E-state index in [0.717, 1.165) is 6.07 Å². The molecular weight excluding hydrogens is 228 g/mol. The Bertz CT molecular complexity index is 399. The lowest BCUT2D eigenvalue weighted by atomic mass is 10.1. The quantitative estimate of drug-likeness (QED) is 0.831. The van der Waals surface area contributed by atoms with Crippen molar-refractivity contribution in [2.45, 2.75) is 25.8 Å². The number of halogens is 2. The van der Waals surface area contributed by atoms with E-state index in [9.17, 15) is 13.6 Å². The molecule has 1 aromatic rings. The molecule has 17 heavy (non-hydrogen) atoms. The van der Waals surface area contributed by atoms with E-state index in [0.29, 0.717) is 18.5 Å². The van der Waals surface area contributed by atoms with Gasteiger partial charge in [0.15, 0.2) is 0 Å². The van der Waals surface area contributed by atoms with Crippen molar-refractivity contribution in [2.24, 2.45) is 0 Å². The van der Waals surface area contributed by atoms with E-state index in [1.54, 1.807) is 0 Å². The van der Waals surface area contributed by atoms with Crippen LogP contribution in [0.15, 0.2) is 18.2 Å². The Hall–Kier alpha value is -1.49. The van der Waals surface area contributed by atoms with Crippen molar-refractivity contribution in [3.05, 3.63) is 35.4 Å². The minimum atomic E-state index is -1.05. The highest BCUT2D eigenvalue weighted by Gasteiger charge is 2.25. The summed E-state index contributed by atoms with van der Waals surface area (Å²) in [5.74, 6) is -2.22. The molecule has 0 aromatic heterocycles. The van der Waals surface area contributed by atoms with Crippen LogP contribution in [-0.4, -0.2) is 23.2 Å². The fourth-order valence-corrected chi connectivity index (χ4v) is 1.35. The lowest BCUT2D eigenvalue weighted by Gasteiger charge is -2.20. The van der Waals surface area contributed by atoms with Gasteiger partial charge in [0.05, 0.1) is 0 Å². The van der Waals surface area contributed by atoms with Gasteiger partial charge < -0.3 is 10.4 Å². The summed E-state index contributed by atoms with van der Waals surface area (Å²) in [6.07, 6.45) is 0.366. The van der Waals surface area contributed by atoms with Gasteiger partial charge in [-0.15, -0.1) is 0 Å². The summed E-state index contributed by atoms with van der Waals surface area (Å²) in [5, 5.41) is 11.6. The second kappa shape index (κ2) is 5.23. The predicted molar refractivity (Wildman–Crippen MR) is 59.8 cm³/mol. The lowest BCUT2D eigenvalue weighted by Crippen LogP contribution is -2.47. The summed E-state index contributed by atoms with van der Waals surface area (Å²) in [7, 11) is 0. The van der Waals surface area contributed by atoms with Crippen molar-refractivity contribution in [3.63, 3.8) is 0 Å². The van der Waals surface area contributed by atoms with E-state index in [-0.39, 0.29) is 0 Å². The Kier molecular flexibility index (Phi) is 4.17. The van der Waals surface area contributed by atoms with Gasteiger partial charge in [0.25, 0.3) is 0 Å². The Labute approximate surface area is 98.5 Å². The van der Waals surface area contributed by atoms with Crippen molar-refractivity contribution in [1.82, 2.24) is 5.32 Å². The zero-order valence-corrected chi connectivity index (χ0v) is 9.76. The Morgan fingerprint density at radius 1 is 1.29 bits per heavy atom. The molecule has 5 heteroatoms. The number of nitrogens with one attached hydrogen (secondary N) is 1. The average Bonchev–Trinajstić information content (AvgIpc) is 2.15. The summed E-state index contributed by atoms with van der Waals surface area (Å²) in [4.78, 5) is 10.8. The van der Waals surface area contributed by atoms with Crippen molar-refractivity contribution in [2.75, 3.05) is 6.54 Å². The van der Waals surface area contributed by atoms with Crippen LogP contribution in [0, 0.1) is 11.6 Å². The predicted octanol–water partition coefficient (Wildman–Crippen LogP) is 1.96. The molecule has 0 saturated carbocycles. The zero-order chi connectivity index (χ0) is 13.1. The topological polar surface area (TPSA) is 49.3 Å². The maximum absolute atomic E-state index is 12.9. The lowest BCUT2D eigenvalue weighted by molar-refractivity contribution is -0.143. The van der Waals surface area contributed by atoms with Gasteiger partial charge >= 0.3 is 5.97 Å². The molecule has 0 fully saturated rings. The van der Waals surface area contributed by atoms with Crippen molar-refractivity contribution >= 4 is 5.97 Å². The molecule has 0 atom stereocenters. The number of benzene rings is 1. The van der Waals surface area contributed by atoms with E-state index < -0.39 is 23.1 Å². The molecule has 0 radical (unpaired) electrons. The number of aliphatic carboxylic acids is 1. The van der Waals surface area contributed by atoms with Crippen LogP contribution in [-0.2, 0) is 11.2 Å². The highest BCUT2D eigenvalue weighted by molar-refractivity contribution is 5.77. The van der Waals surface area contributed by atoms with Crippen molar-refractivity contribution < 1.29 is 18.7 Å². The van der Waals surface area contributed by atoms with Crippen molar-refractivity contribution in [3.8, 4) is 0 Å². The van der Waals surface area contributed by atoms with E-state index in [2.05, 4.69) is 5.32 Å². The third kappa shape index (κ3) is 4.11. The Balaban J connectivity index is 2.54. The molecule has 0 saturated heterocycles. The molecule has 0 aliphatic heterocycles. The number of carboxylic acids is 1. The van der Waals surface area contributed by atoms with E-state index >= 15 is 0 Å². The summed E-state index contributed by atoms with van der Waals surface area (Å²) >= 11 is 0. The van der Waals surface area contributed by atoms with Gasteiger partial charge in [-0.2, -0.15) is 0 Å². The number of hydrogen-bond donors (Lipinski definition) is 2. The molecule has 0 unspecified atom stereocenters. The number of carboxylic acid groups (broad SMARTS) is 1. The average molecular weight is 243 g/mol. The molecule has 0 aliphatic carbocycles. The third-order valence-corrected chi connectivity index (χ3v) is 2.44. The molecule has 94 valence electrons. The highest BCUT2D eigenvalue weighted by atomic mass is 19.1. The summed E-state index contributed by atoms with van der Waals surface area (Å²) in [6.45, 7) is 3.39. The molecule has 0 amide bonds. The first-order valence-corrected chi connectivity index (χ1v) is 5.24. The standard InChI is InChI=1S/C12H15F2NO2/c1-12(2,11(16)17)15-4-3-8-5-9(13)7-10(14)6-8/h5-7,15H,3-4H2,1-2H3,(H,16,17). The van der Waals surface area contributed by atoms with Crippen LogP contribution in [0.25, 0.3) is 0 Å². The highest BCUT2D eigenvalue weighted by Crippen LogP contribution is 2.09. The summed E-state index contributed by atoms with van der Waals surface area (Å²) < 4.78 is 25.7. The molecule has 1 rings (SSSR count). The normalized spacial score (nSPS) is 11.5. The molecule has 0 bridgehead atoms. The number of hydrogen-bond acceptors (Lipinski definition) is 2. The van der Waals surface area contributed by atoms with Crippen molar-refractivity contribution in [1.29, 1.82) is 0 Å². The summed E-state index contributed by atoms with van der Waals surface area (Å²) in [6, 6.07) is 3.27. The maximum Gasteiger partial charge on any atom is 0.323 e. The minimum Gasteiger partial charge on any atom is -0.480 e. The Morgan fingerprint density at radius 2 is 1.82 bits per heavy atom. The first-order valence-electron chi connectivity index (χ1n) is 5.24. The molecule has 0 spiro atoms. The van der Waals surface area contributed by atoms with Gasteiger partial charge in [-0.1, -0.05) is 0 Å². The first-order chi connectivity index (χ1) is 7.81. The van der Waals surface area contributed by atoms with E-state index in [1.807, 2.05) is 0 Å². The van der Waals surface area contributed by atoms with Crippen LogP contribution in [0.4, 0.5) is 8.78 Å². The van der Waals surface area contributed by atoms with Gasteiger partial charge in [-0.05, 0) is 38.0 Å². The van der Waals surface area contributed by atoms with E-state index in [4.69, 9.17) is 5.11 Å². The van der Waals surface area contributed by atoms with Gasteiger partial charge in [0.1, 0.15) is 17.2 Å². The third-order valence-electron chi connectivity index (χ3n) is 2.44. The first kappa shape index (κ1) is 13.6. The van der Waals surface area contributed by atoms with Gasteiger partial charge in [0.2, 0.25) is 0 Å². The fraction of sp³-hybridized carbons (Fsp3) is 0.417. The zero-order valence-electron chi connectivity index (χ0n) is 9.76. The Morgan fingerprint density at radius 3 is 2.29 bits per heavy atom. The van der Waals surface area contributed by atoms with E-state index in [1.165, 1.54) is 26.0 Å². The monoisotopic (exact) mass is 243 g/mol. The maximum atomic E-state index is 12.9. The summed E-state index contributed by atoms with van der Waals surface area (Å²) in [5.41, 5.74) is -0.553. The number of carbonyl (C=O) groups is 1. The van der Waals surface area contributed by atoms with Gasteiger partial charge in [0, 0.05) is 12.6 Å². The van der Waals surface area contributed by atoms with Crippen LogP contribution in [0.1, 0.15) is 19.4 Å². The minimum absolute atomic E-state index is 0.336. The van der Waals surface area contributed by atoms with Crippen LogP contribution in [0.2, 0.25) is 0 Å². The van der Waals surface area contributed by atoms with Crippen LogP contribution >= 0.6 is 0 Å². The van der Waals surface area contributed by atoms with Crippen LogP contribution in [0.5, 0.6) is 0 Å².